The molecule has 0 radical (unpaired) electrons. The van der Waals surface area contributed by atoms with Crippen LogP contribution in [0.4, 0.5) is 0 Å². The first-order valence-corrected chi connectivity index (χ1v) is 4.99. The maximum Gasteiger partial charge on any atom is 0.181 e. The molecule has 0 bridgehead atoms. The van der Waals surface area contributed by atoms with Gasteiger partial charge in [0, 0.05) is 22.6 Å². The summed E-state index contributed by atoms with van der Waals surface area (Å²) in [7, 11) is 0. The average Bonchev–Trinajstić information content (AvgIpc) is 2.47. The Morgan fingerprint density at radius 3 is 2.43 bits per heavy atom. The van der Waals surface area contributed by atoms with Crippen LogP contribution in [0.5, 0.6) is 0 Å². The molecule has 0 aliphatic heterocycles. The van der Waals surface area contributed by atoms with Gasteiger partial charge in [-0.25, -0.2) is 0 Å². The number of aromatic nitrogens is 2. The highest BCUT2D eigenvalue weighted by molar-refractivity contribution is 7.71. The van der Waals surface area contributed by atoms with Gasteiger partial charge in [-0.05, 0) is 43.4 Å². The number of hydrogen-bond donors (Lipinski definition) is 1. The van der Waals surface area contributed by atoms with E-state index in [1.165, 1.54) is 0 Å². The van der Waals surface area contributed by atoms with Crippen molar-refractivity contribution in [2.24, 2.45) is 0 Å². The summed E-state index contributed by atoms with van der Waals surface area (Å²) >= 11 is 11.0. The SMILES string of the molecule is Cc1cn(-c2ccc(Cl)cc2)c(=S)[nH]1. The molecular weight excluding hydrogens is 216 g/mol. The largest absolute Gasteiger partial charge is 0.335 e. The highest BCUT2D eigenvalue weighted by atomic mass is 35.5. The lowest BCUT2D eigenvalue weighted by Gasteiger charge is -2.00. The molecule has 0 unspecified atom stereocenters. The molecule has 0 spiro atoms. The second kappa shape index (κ2) is 3.59. The van der Waals surface area contributed by atoms with Crippen LogP contribution in [-0.4, -0.2) is 9.55 Å². The molecule has 2 nitrogen and oxygen atoms in total. The Kier molecular flexibility index (Phi) is 2.44. The van der Waals surface area contributed by atoms with Crippen molar-refractivity contribution in [3.63, 3.8) is 0 Å². The minimum absolute atomic E-state index is 0.699. The molecule has 1 aromatic heterocycles. The van der Waals surface area contributed by atoms with Crippen LogP contribution in [0.3, 0.4) is 0 Å². The van der Waals surface area contributed by atoms with Gasteiger partial charge in [0.05, 0.1) is 0 Å². The Hall–Kier alpha value is -1.06. The third kappa shape index (κ3) is 1.74. The van der Waals surface area contributed by atoms with Crippen molar-refractivity contribution >= 4 is 23.8 Å². The van der Waals surface area contributed by atoms with Crippen LogP contribution in [0.1, 0.15) is 5.69 Å². The number of H-pyrrole nitrogens is 1. The molecular formula is C10H9ClN2S. The lowest BCUT2D eigenvalue weighted by Crippen LogP contribution is -1.90. The molecule has 1 N–H and O–H groups in total. The lowest BCUT2D eigenvalue weighted by atomic mass is 10.3. The standard InChI is InChI=1S/C10H9ClN2S/c1-7-6-13(10(14)12-7)9-4-2-8(11)3-5-9/h2-6H,1H3,(H,12,14). The zero-order valence-corrected chi connectivity index (χ0v) is 9.19. The fourth-order valence-electron chi connectivity index (χ4n) is 1.31. The molecule has 4 heteroatoms. The minimum Gasteiger partial charge on any atom is -0.335 e. The second-order valence-electron chi connectivity index (χ2n) is 3.09. The number of hydrogen-bond acceptors (Lipinski definition) is 1. The van der Waals surface area contributed by atoms with Gasteiger partial charge in [0.2, 0.25) is 0 Å². The average molecular weight is 225 g/mol. The van der Waals surface area contributed by atoms with Crippen LogP contribution in [0, 0.1) is 11.7 Å². The van der Waals surface area contributed by atoms with E-state index in [0.717, 1.165) is 16.4 Å². The molecule has 0 fully saturated rings. The predicted molar refractivity (Wildman–Crippen MR) is 60.7 cm³/mol. The van der Waals surface area contributed by atoms with Crippen molar-refractivity contribution < 1.29 is 0 Å². The lowest BCUT2D eigenvalue weighted by molar-refractivity contribution is 1.03. The van der Waals surface area contributed by atoms with Crippen molar-refractivity contribution in [2.75, 3.05) is 0 Å². The Morgan fingerprint density at radius 2 is 1.93 bits per heavy atom. The highest BCUT2D eigenvalue weighted by Gasteiger charge is 1.98. The summed E-state index contributed by atoms with van der Waals surface area (Å²) in [5.74, 6) is 0. The number of imidazole rings is 1. The molecule has 1 aromatic carbocycles. The number of nitrogens with one attached hydrogen (secondary N) is 1. The predicted octanol–water partition coefficient (Wildman–Crippen LogP) is 3.50. The first-order valence-electron chi connectivity index (χ1n) is 4.21. The van der Waals surface area contributed by atoms with Crippen LogP contribution in [0.15, 0.2) is 30.5 Å². The maximum absolute atomic E-state index is 5.80. The Bertz CT molecular complexity index is 496. The maximum atomic E-state index is 5.80. The molecule has 0 amide bonds. The Balaban J connectivity index is 2.54. The summed E-state index contributed by atoms with van der Waals surface area (Å²) < 4.78 is 2.62. The van der Waals surface area contributed by atoms with Crippen molar-refractivity contribution in [3.05, 3.63) is 45.9 Å². The molecule has 2 rings (SSSR count). The highest BCUT2D eigenvalue weighted by Crippen LogP contribution is 2.14. The minimum atomic E-state index is 0.699. The Morgan fingerprint density at radius 1 is 1.29 bits per heavy atom. The van der Waals surface area contributed by atoms with Crippen LogP contribution in [-0.2, 0) is 0 Å². The van der Waals surface area contributed by atoms with E-state index in [2.05, 4.69) is 4.98 Å². The molecule has 14 heavy (non-hydrogen) atoms. The number of aryl methyl sites for hydroxylation is 1. The summed E-state index contributed by atoms with van der Waals surface area (Å²) in [6.07, 6.45) is 1.96. The van der Waals surface area contributed by atoms with Crippen LogP contribution in [0.25, 0.3) is 5.69 Å². The van der Waals surface area contributed by atoms with Gasteiger partial charge < -0.3 is 4.98 Å². The monoisotopic (exact) mass is 224 g/mol. The molecule has 0 saturated heterocycles. The van der Waals surface area contributed by atoms with Gasteiger partial charge in [-0.2, -0.15) is 0 Å². The van der Waals surface area contributed by atoms with Gasteiger partial charge in [0.15, 0.2) is 4.77 Å². The van der Waals surface area contributed by atoms with E-state index >= 15 is 0 Å². The first-order chi connectivity index (χ1) is 6.66. The summed E-state index contributed by atoms with van der Waals surface area (Å²) in [5.41, 5.74) is 2.06. The van der Waals surface area contributed by atoms with Crippen molar-refractivity contribution in [2.45, 2.75) is 6.92 Å². The second-order valence-corrected chi connectivity index (χ2v) is 3.91. The van der Waals surface area contributed by atoms with E-state index in [1.807, 2.05) is 42.0 Å². The molecule has 1 heterocycles. The zero-order chi connectivity index (χ0) is 10.1. The number of rotatable bonds is 1. The smallest absolute Gasteiger partial charge is 0.181 e. The number of aromatic amines is 1. The summed E-state index contributed by atoms with van der Waals surface area (Å²) in [6, 6.07) is 7.57. The van der Waals surface area contributed by atoms with Gasteiger partial charge >= 0.3 is 0 Å². The van der Waals surface area contributed by atoms with Crippen molar-refractivity contribution in [3.8, 4) is 5.69 Å². The van der Waals surface area contributed by atoms with Crippen LogP contribution < -0.4 is 0 Å². The summed E-state index contributed by atoms with van der Waals surface area (Å²) in [6.45, 7) is 1.97. The molecule has 0 aliphatic rings. The number of benzene rings is 1. The van der Waals surface area contributed by atoms with Gasteiger partial charge in [-0.1, -0.05) is 11.6 Å². The van der Waals surface area contributed by atoms with E-state index in [-0.39, 0.29) is 0 Å². The van der Waals surface area contributed by atoms with E-state index < -0.39 is 0 Å². The van der Waals surface area contributed by atoms with E-state index in [1.54, 1.807) is 0 Å². The molecule has 2 aromatic rings. The fourth-order valence-corrected chi connectivity index (χ4v) is 1.75. The van der Waals surface area contributed by atoms with E-state index in [0.29, 0.717) is 4.77 Å². The van der Waals surface area contributed by atoms with Crippen molar-refractivity contribution in [1.82, 2.24) is 9.55 Å². The Labute approximate surface area is 92.2 Å². The topological polar surface area (TPSA) is 20.7 Å². The molecule has 0 atom stereocenters. The van der Waals surface area contributed by atoms with Gasteiger partial charge in [-0.15, -0.1) is 0 Å². The molecule has 0 aliphatic carbocycles. The zero-order valence-electron chi connectivity index (χ0n) is 7.62. The van der Waals surface area contributed by atoms with Crippen LogP contribution >= 0.6 is 23.8 Å². The first kappa shape index (κ1) is 9.49. The van der Waals surface area contributed by atoms with Gasteiger partial charge in [0.25, 0.3) is 0 Å². The van der Waals surface area contributed by atoms with Crippen LogP contribution in [0.2, 0.25) is 5.02 Å². The quantitative estimate of drug-likeness (QED) is 0.736. The van der Waals surface area contributed by atoms with E-state index in [9.17, 15) is 0 Å². The van der Waals surface area contributed by atoms with Crippen molar-refractivity contribution in [1.29, 1.82) is 0 Å². The molecule has 72 valence electrons. The number of halogens is 1. The number of nitrogens with zero attached hydrogens (tertiary/aromatic N) is 1. The van der Waals surface area contributed by atoms with Gasteiger partial charge in [0.1, 0.15) is 0 Å². The fraction of sp³-hybridized carbons (Fsp3) is 0.100. The molecule has 0 saturated carbocycles. The van der Waals surface area contributed by atoms with Gasteiger partial charge in [-0.3, -0.25) is 4.57 Å². The van der Waals surface area contributed by atoms with E-state index in [4.69, 9.17) is 23.8 Å². The summed E-state index contributed by atoms with van der Waals surface area (Å²) in [5, 5.41) is 0.729. The summed E-state index contributed by atoms with van der Waals surface area (Å²) in [4.78, 5) is 3.07. The normalized spacial score (nSPS) is 10.4. The third-order valence-electron chi connectivity index (χ3n) is 1.95. The third-order valence-corrected chi connectivity index (χ3v) is 2.50.